The summed E-state index contributed by atoms with van der Waals surface area (Å²) in [6, 6.07) is 16.4. The molecule has 4 nitrogen and oxygen atoms in total. The maximum absolute atomic E-state index is 13.1. The predicted octanol–water partition coefficient (Wildman–Crippen LogP) is 4.14. The zero-order chi connectivity index (χ0) is 17.9. The van der Waals surface area contributed by atoms with Crippen LogP contribution < -0.4 is 0 Å². The van der Waals surface area contributed by atoms with Gasteiger partial charge in [0, 0.05) is 18.8 Å². The summed E-state index contributed by atoms with van der Waals surface area (Å²) in [4.78, 5) is 19.2. The largest absolute Gasteiger partial charge is 0.335 e. The van der Waals surface area contributed by atoms with E-state index in [1.165, 1.54) is 24.8 Å². The molecule has 1 saturated heterocycles. The lowest BCUT2D eigenvalue weighted by molar-refractivity contribution is 0.0319. The van der Waals surface area contributed by atoms with Crippen molar-refractivity contribution in [3.63, 3.8) is 0 Å². The summed E-state index contributed by atoms with van der Waals surface area (Å²) in [5.41, 5.74) is 2.35. The lowest BCUT2D eigenvalue weighted by Crippen LogP contribution is -2.52. The zero-order valence-electron chi connectivity index (χ0n) is 14.8. The number of pyridine rings is 1. The number of carbonyl (C=O) groups is 1. The van der Waals surface area contributed by atoms with Gasteiger partial charge in [0.05, 0.1) is 5.56 Å². The molecule has 2 fully saturated rings. The highest BCUT2D eigenvalue weighted by Crippen LogP contribution is 2.44. The van der Waals surface area contributed by atoms with Crippen molar-refractivity contribution in [2.75, 3.05) is 6.54 Å². The second-order valence-electron chi connectivity index (χ2n) is 7.36. The summed E-state index contributed by atoms with van der Waals surface area (Å²) >= 11 is 0. The van der Waals surface area contributed by atoms with Gasteiger partial charge in [-0.3, -0.25) is 4.79 Å². The lowest BCUT2D eigenvalue weighted by Gasteiger charge is -2.48. The van der Waals surface area contributed by atoms with Gasteiger partial charge < -0.3 is 4.90 Å². The Morgan fingerprint density at radius 3 is 2.62 bits per heavy atom. The SMILES string of the molecule is N#Cc1ccc(C(=O)N2CC[C@H](c3ccccc3)[C@H]3CCCC[C@H]32)cn1. The van der Waals surface area contributed by atoms with Crippen molar-refractivity contribution in [2.45, 2.75) is 44.1 Å². The number of amides is 1. The summed E-state index contributed by atoms with van der Waals surface area (Å²) in [5.74, 6) is 1.14. The molecule has 0 N–H and O–H groups in total. The van der Waals surface area contributed by atoms with Crippen molar-refractivity contribution < 1.29 is 4.79 Å². The molecular weight excluding hydrogens is 322 g/mol. The molecule has 2 heterocycles. The van der Waals surface area contributed by atoms with E-state index in [1.54, 1.807) is 18.3 Å². The van der Waals surface area contributed by atoms with Crippen LogP contribution in [-0.2, 0) is 0 Å². The van der Waals surface area contributed by atoms with E-state index < -0.39 is 0 Å². The van der Waals surface area contributed by atoms with E-state index in [0.29, 0.717) is 29.1 Å². The average molecular weight is 345 g/mol. The van der Waals surface area contributed by atoms with Crippen LogP contribution in [0, 0.1) is 17.2 Å². The molecule has 1 aliphatic heterocycles. The van der Waals surface area contributed by atoms with Gasteiger partial charge in [-0.2, -0.15) is 5.26 Å². The third-order valence-electron chi connectivity index (χ3n) is 5.99. The number of likely N-dealkylation sites (tertiary alicyclic amines) is 1. The van der Waals surface area contributed by atoms with Crippen LogP contribution in [0.15, 0.2) is 48.7 Å². The number of nitriles is 1. The molecule has 2 aromatic rings. The molecule has 1 aliphatic carbocycles. The molecule has 0 radical (unpaired) electrons. The van der Waals surface area contributed by atoms with E-state index in [9.17, 15) is 4.79 Å². The number of nitrogens with zero attached hydrogens (tertiary/aromatic N) is 3. The van der Waals surface area contributed by atoms with Crippen LogP contribution in [0.4, 0.5) is 0 Å². The quantitative estimate of drug-likeness (QED) is 0.822. The minimum atomic E-state index is 0.0606. The number of aromatic nitrogens is 1. The molecule has 132 valence electrons. The van der Waals surface area contributed by atoms with E-state index in [2.05, 4.69) is 40.2 Å². The summed E-state index contributed by atoms with van der Waals surface area (Å²) in [7, 11) is 0. The molecule has 1 saturated carbocycles. The smallest absolute Gasteiger partial charge is 0.255 e. The van der Waals surface area contributed by atoms with Crippen molar-refractivity contribution in [2.24, 2.45) is 5.92 Å². The zero-order valence-corrected chi connectivity index (χ0v) is 14.8. The Balaban J connectivity index is 1.58. The first-order chi connectivity index (χ1) is 12.8. The molecule has 4 heteroatoms. The second-order valence-corrected chi connectivity index (χ2v) is 7.36. The monoisotopic (exact) mass is 345 g/mol. The fraction of sp³-hybridized carbons (Fsp3) is 0.409. The van der Waals surface area contributed by atoms with Crippen LogP contribution in [0.5, 0.6) is 0 Å². The van der Waals surface area contributed by atoms with Gasteiger partial charge in [0.15, 0.2) is 0 Å². The number of rotatable bonds is 2. The van der Waals surface area contributed by atoms with Crippen LogP contribution in [0.2, 0.25) is 0 Å². The molecular formula is C22H23N3O. The highest BCUT2D eigenvalue weighted by Gasteiger charge is 2.41. The number of benzene rings is 1. The van der Waals surface area contributed by atoms with Crippen molar-refractivity contribution in [1.82, 2.24) is 9.88 Å². The molecule has 3 atom stereocenters. The van der Waals surface area contributed by atoms with Gasteiger partial charge in [0.2, 0.25) is 0 Å². The van der Waals surface area contributed by atoms with Crippen LogP contribution >= 0.6 is 0 Å². The van der Waals surface area contributed by atoms with Gasteiger partial charge in [0.25, 0.3) is 5.91 Å². The molecule has 1 aromatic heterocycles. The Hall–Kier alpha value is -2.67. The van der Waals surface area contributed by atoms with Crippen molar-refractivity contribution in [3.05, 3.63) is 65.5 Å². The second kappa shape index (κ2) is 7.29. The van der Waals surface area contributed by atoms with Crippen molar-refractivity contribution in [1.29, 1.82) is 5.26 Å². The average Bonchev–Trinajstić information content (AvgIpc) is 2.73. The lowest BCUT2D eigenvalue weighted by atomic mass is 9.69. The normalized spacial score (nSPS) is 25.2. The van der Waals surface area contributed by atoms with Gasteiger partial charge in [-0.15, -0.1) is 0 Å². The highest BCUT2D eigenvalue weighted by molar-refractivity contribution is 5.94. The Kier molecular flexibility index (Phi) is 4.71. The van der Waals surface area contributed by atoms with Crippen LogP contribution in [-0.4, -0.2) is 28.4 Å². The maximum atomic E-state index is 13.1. The number of carbonyl (C=O) groups excluding carboxylic acids is 1. The van der Waals surface area contributed by atoms with E-state index in [1.807, 2.05) is 6.07 Å². The molecule has 0 spiro atoms. The van der Waals surface area contributed by atoms with Gasteiger partial charge >= 0.3 is 0 Å². The molecule has 2 aliphatic rings. The first kappa shape index (κ1) is 16.8. The van der Waals surface area contributed by atoms with Gasteiger partial charge in [-0.25, -0.2) is 4.98 Å². The number of hydrogen-bond donors (Lipinski definition) is 0. The molecule has 26 heavy (non-hydrogen) atoms. The maximum Gasteiger partial charge on any atom is 0.255 e. The Labute approximate surface area is 154 Å². The minimum absolute atomic E-state index is 0.0606. The summed E-state index contributed by atoms with van der Waals surface area (Å²) in [6.45, 7) is 0.791. The molecule has 4 rings (SSSR count). The molecule has 0 unspecified atom stereocenters. The Bertz CT molecular complexity index is 810. The predicted molar refractivity (Wildman–Crippen MR) is 99.5 cm³/mol. The van der Waals surface area contributed by atoms with Crippen LogP contribution in [0.25, 0.3) is 0 Å². The van der Waals surface area contributed by atoms with Crippen molar-refractivity contribution >= 4 is 5.91 Å². The van der Waals surface area contributed by atoms with E-state index in [0.717, 1.165) is 19.4 Å². The van der Waals surface area contributed by atoms with Gasteiger partial charge in [0.1, 0.15) is 11.8 Å². The summed E-state index contributed by atoms with van der Waals surface area (Å²) < 4.78 is 0. The fourth-order valence-electron chi connectivity index (χ4n) is 4.77. The molecule has 0 bridgehead atoms. The molecule has 1 aromatic carbocycles. The number of fused-ring (bicyclic) bond motifs is 1. The third kappa shape index (κ3) is 3.10. The topological polar surface area (TPSA) is 57.0 Å². The van der Waals surface area contributed by atoms with E-state index >= 15 is 0 Å². The summed E-state index contributed by atoms with van der Waals surface area (Å²) in [5, 5.41) is 8.90. The van der Waals surface area contributed by atoms with Gasteiger partial charge in [-0.1, -0.05) is 43.2 Å². The van der Waals surface area contributed by atoms with Crippen molar-refractivity contribution in [3.8, 4) is 6.07 Å². The van der Waals surface area contributed by atoms with Gasteiger partial charge in [-0.05, 0) is 48.8 Å². The van der Waals surface area contributed by atoms with E-state index in [4.69, 9.17) is 5.26 Å². The molecule has 1 amide bonds. The minimum Gasteiger partial charge on any atom is -0.335 e. The van der Waals surface area contributed by atoms with E-state index in [-0.39, 0.29) is 5.91 Å². The Morgan fingerprint density at radius 1 is 1.08 bits per heavy atom. The fourth-order valence-corrected chi connectivity index (χ4v) is 4.77. The third-order valence-corrected chi connectivity index (χ3v) is 5.99. The first-order valence-corrected chi connectivity index (χ1v) is 9.50. The number of piperidine rings is 1. The highest BCUT2D eigenvalue weighted by atomic mass is 16.2. The van der Waals surface area contributed by atoms with Crippen LogP contribution in [0.1, 0.15) is 59.6 Å². The summed E-state index contributed by atoms with van der Waals surface area (Å²) in [6.07, 6.45) is 7.29. The first-order valence-electron chi connectivity index (χ1n) is 9.50. The van der Waals surface area contributed by atoms with Crippen LogP contribution in [0.3, 0.4) is 0 Å². The standard InChI is InChI=1S/C22H23N3O/c23-14-18-11-10-17(15-24-18)22(26)25-13-12-19(16-6-2-1-3-7-16)20-8-4-5-9-21(20)25/h1-3,6-7,10-11,15,19-21H,4-5,8-9,12-13H2/t19-,20-,21-/m1/s1. The Morgan fingerprint density at radius 2 is 1.88 bits per heavy atom. The number of hydrogen-bond acceptors (Lipinski definition) is 3.